The number of fused-ring (bicyclic) bond motifs is 2. The summed E-state index contributed by atoms with van der Waals surface area (Å²) in [7, 11) is 0. The zero-order valence-corrected chi connectivity index (χ0v) is 16.9. The Balaban J connectivity index is 1.38. The fourth-order valence-electron chi connectivity index (χ4n) is 3.39. The highest BCUT2D eigenvalue weighted by Gasteiger charge is 2.36. The Hall–Kier alpha value is -3.48. The van der Waals surface area contributed by atoms with Gasteiger partial charge in [-0.25, -0.2) is 9.69 Å². The molecule has 4 aromatic rings. The van der Waals surface area contributed by atoms with Gasteiger partial charge in [-0.05, 0) is 42.5 Å². The van der Waals surface area contributed by atoms with Crippen molar-refractivity contribution in [1.29, 1.82) is 0 Å². The summed E-state index contributed by atoms with van der Waals surface area (Å²) in [5, 5.41) is 1.17. The van der Waals surface area contributed by atoms with E-state index in [4.69, 9.17) is 16.3 Å². The molecule has 7 heteroatoms. The monoisotopic (exact) mass is 433 g/mol. The first-order chi connectivity index (χ1) is 14.5. The Kier molecular flexibility index (Phi) is 4.38. The smallest absolute Gasteiger partial charge is 0.355 e. The van der Waals surface area contributed by atoms with E-state index in [9.17, 15) is 14.4 Å². The van der Waals surface area contributed by atoms with Crippen LogP contribution in [-0.4, -0.2) is 17.8 Å². The topological polar surface area (TPSA) is 63.7 Å². The number of hydrogen-bond acceptors (Lipinski definition) is 5. The Labute approximate surface area is 180 Å². The van der Waals surface area contributed by atoms with Gasteiger partial charge < -0.3 is 4.74 Å². The molecule has 0 atom stereocenters. The van der Waals surface area contributed by atoms with Crippen LogP contribution < -0.4 is 9.64 Å². The molecule has 0 saturated carbocycles. The van der Waals surface area contributed by atoms with Crippen molar-refractivity contribution in [2.45, 2.75) is 0 Å². The number of carbonyl (C=O) groups is 3. The molecule has 1 aromatic heterocycles. The molecule has 146 valence electrons. The number of anilines is 1. The molecule has 2 heterocycles. The van der Waals surface area contributed by atoms with Crippen LogP contribution in [0.5, 0.6) is 5.75 Å². The molecular weight excluding hydrogens is 422 g/mol. The van der Waals surface area contributed by atoms with Gasteiger partial charge in [-0.15, -0.1) is 11.3 Å². The zero-order chi connectivity index (χ0) is 20.8. The SMILES string of the molecule is O=C(Oc1ccc(N2C(=O)c3ccccc3C2=O)cc1)c1sc2ccccc2c1Cl. The second-order valence-corrected chi connectivity index (χ2v) is 8.05. The lowest BCUT2D eigenvalue weighted by molar-refractivity contribution is 0.0739. The highest BCUT2D eigenvalue weighted by molar-refractivity contribution is 7.21. The molecule has 0 aliphatic carbocycles. The van der Waals surface area contributed by atoms with Gasteiger partial charge in [-0.3, -0.25) is 9.59 Å². The second kappa shape index (κ2) is 7.09. The van der Waals surface area contributed by atoms with E-state index in [0.29, 0.717) is 26.7 Å². The van der Waals surface area contributed by atoms with Crippen LogP contribution in [0.15, 0.2) is 72.8 Å². The van der Waals surface area contributed by atoms with E-state index in [2.05, 4.69) is 0 Å². The van der Waals surface area contributed by atoms with E-state index in [1.54, 1.807) is 36.4 Å². The number of rotatable bonds is 3. The standard InChI is InChI=1S/C23H12ClNO4S/c24-19-17-7-3-4-8-18(17)30-20(19)23(28)29-14-11-9-13(10-12-14)25-21(26)15-5-1-2-6-16(15)22(25)27/h1-12H. The van der Waals surface area contributed by atoms with Gasteiger partial charge in [0, 0.05) is 10.1 Å². The van der Waals surface area contributed by atoms with Crippen LogP contribution in [0.25, 0.3) is 10.1 Å². The number of benzene rings is 3. The summed E-state index contributed by atoms with van der Waals surface area (Å²) in [5.74, 6) is -1.03. The average Bonchev–Trinajstić information content (AvgIpc) is 3.24. The summed E-state index contributed by atoms with van der Waals surface area (Å²) in [6.45, 7) is 0. The number of imide groups is 1. The van der Waals surface area contributed by atoms with Crippen molar-refractivity contribution in [1.82, 2.24) is 0 Å². The molecule has 5 nitrogen and oxygen atoms in total. The molecule has 2 amide bonds. The molecule has 1 aliphatic rings. The molecule has 3 aromatic carbocycles. The summed E-state index contributed by atoms with van der Waals surface area (Å²) in [6, 6.07) is 20.4. The number of thiophene rings is 1. The third-order valence-electron chi connectivity index (χ3n) is 4.82. The molecule has 0 N–H and O–H groups in total. The lowest BCUT2D eigenvalue weighted by Gasteiger charge is -2.14. The molecular formula is C23H12ClNO4S. The first-order valence-electron chi connectivity index (χ1n) is 9.01. The van der Waals surface area contributed by atoms with Crippen LogP contribution in [0.3, 0.4) is 0 Å². The van der Waals surface area contributed by atoms with Gasteiger partial charge >= 0.3 is 5.97 Å². The molecule has 5 rings (SSSR count). The maximum absolute atomic E-state index is 12.6. The van der Waals surface area contributed by atoms with Gasteiger partial charge in [0.15, 0.2) is 0 Å². The summed E-state index contributed by atoms with van der Waals surface area (Å²) in [4.78, 5) is 39.2. The lowest BCUT2D eigenvalue weighted by atomic mass is 10.1. The van der Waals surface area contributed by atoms with E-state index in [1.165, 1.54) is 23.5 Å². The number of halogens is 1. The minimum absolute atomic E-state index is 0.286. The fourth-order valence-corrected chi connectivity index (χ4v) is 4.77. The van der Waals surface area contributed by atoms with E-state index in [-0.39, 0.29) is 17.6 Å². The number of nitrogens with zero attached hydrogens (tertiary/aromatic N) is 1. The van der Waals surface area contributed by atoms with E-state index >= 15 is 0 Å². The molecule has 0 spiro atoms. The summed E-state index contributed by atoms with van der Waals surface area (Å²) >= 11 is 7.60. The van der Waals surface area contributed by atoms with Crippen molar-refractivity contribution in [3.63, 3.8) is 0 Å². The maximum Gasteiger partial charge on any atom is 0.355 e. The van der Waals surface area contributed by atoms with Crippen molar-refractivity contribution in [3.05, 3.63) is 93.8 Å². The van der Waals surface area contributed by atoms with Gasteiger partial charge in [-0.2, -0.15) is 0 Å². The molecule has 0 radical (unpaired) electrons. The second-order valence-electron chi connectivity index (χ2n) is 6.62. The van der Waals surface area contributed by atoms with Crippen molar-refractivity contribution in [3.8, 4) is 5.75 Å². The van der Waals surface area contributed by atoms with Crippen LogP contribution in [0.1, 0.15) is 30.4 Å². The maximum atomic E-state index is 12.6. The molecule has 0 fully saturated rings. The Morgan fingerprint density at radius 2 is 1.43 bits per heavy atom. The minimum Gasteiger partial charge on any atom is -0.422 e. The predicted octanol–water partition coefficient (Wildman–Crippen LogP) is 5.57. The zero-order valence-electron chi connectivity index (χ0n) is 15.3. The number of esters is 1. The van der Waals surface area contributed by atoms with Gasteiger partial charge in [0.05, 0.1) is 21.8 Å². The molecule has 1 aliphatic heterocycles. The van der Waals surface area contributed by atoms with E-state index < -0.39 is 5.97 Å². The van der Waals surface area contributed by atoms with Gasteiger partial charge in [-0.1, -0.05) is 41.9 Å². The Bertz CT molecular complexity index is 1310. The average molecular weight is 434 g/mol. The van der Waals surface area contributed by atoms with Crippen LogP contribution in [0.4, 0.5) is 5.69 Å². The third-order valence-corrected chi connectivity index (χ3v) is 6.48. The van der Waals surface area contributed by atoms with Crippen molar-refractivity contribution in [2.24, 2.45) is 0 Å². The van der Waals surface area contributed by atoms with Crippen LogP contribution >= 0.6 is 22.9 Å². The fraction of sp³-hybridized carbons (Fsp3) is 0. The van der Waals surface area contributed by atoms with E-state index in [1.807, 2.05) is 24.3 Å². The molecule has 0 saturated heterocycles. The van der Waals surface area contributed by atoms with Crippen molar-refractivity contribution in [2.75, 3.05) is 4.90 Å². The number of carbonyl (C=O) groups excluding carboxylic acids is 3. The van der Waals surface area contributed by atoms with Crippen molar-refractivity contribution >= 4 is 56.5 Å². The normalized spacial score (nSPS) is 13.0. The number of amides is 2. The quantitative estimate of drug-likeness (QED) is 0.240. The molecule has 0 bridgehead atoms. The van der Waals surface area contributed by atoms with Gasteiger partial charge in [0.2, 0.25) is 0 Å². The third kappa shape index (κ3) is 2.89. The first kappa shape index (κ1) is 18.5. The number of ether oxygens (including phenoxy) is 1. The Morgan fingerprint density at radius 3 is 2.07 bits per heavy atom. The largest absolute Gasteiger partial charge is 0.422 e. The summed E-state index contributed by atoms with van der Waals surface area (Å²) < 4.78 is 6.34. The highest BCUT2D eigenvalue weighted by atomic mass is 35.5. The van der Waals surface area contributed by atoms with Crippen LogP contribution in [0, 0.1) is 0 Å². The minimum atomic E-state index is -0.560. The number of hydrogen-bond donors (Lipinski definition) is 0. The lowest BCUT2D eigenvalue weighted by Crippen LogP contribution is -2.29. The van der Waals surface area contributed by atoms with Crippen LogP contribution in [-0.2, 0) is 0 Å². The molecule has 0 unspecified atom stereocenters. The first-order valence-corrected chi connectivity index (χ1v) is 10.2. The van der Waals surface area contributed by atoms with Crippen molar-refractivity contribution < 1.29 is 19.1 Å². The Morgan fingerprint density at radius 1 is 0.833 bits per heavy atom. The van der Waals surface area contributed by atoms with Crippen LogP contribution in [0.2, 0.25) is 5.02 Å². The van der Waals surface area contributed by atoms with Gasteiger partial charge in [0.25, 0.3) is 11.8 Å². The summed E-state index contributed by atoms with van der Waals surface area (Å²) in [6.07, 6.45) is 0. The molecule has 30 heavy (non-hydrogen) atoms. The van der Waals surface area contributed by atoms with Gasteiger partial charge in [0.1, 0.15) is 10.6 Å². The summed E-state index contributed by atoms with van der Waals surface area (Å²) in [5.41, 5.74) is 1.15. The predicted molar refractivity (Wildman–Crippen MR) is 116 cm³/mol. The van der Waals surface area contributed by atoms with E-state index in [0.717, 1.165) is 15.0 Å². The highest BCUT2D eigenvalue weighted by Crippen LogP contribution is 2.36.